The maximum absolute atomic E-state index is 14.1. The summed E-state index contributed by atoms with van der Waals surface area (Å²) in [6.45, 7) is 0. The molecule has 128 valence electrons. The van der Waals surface area contributed by atoms with Crippen LogP contribution in [0.3, 0.4) is 0 Å². The van der Waals surface area contributed by atoms with E-state index in [0.717, 1.165) is 40.3 Å². The first-order chi connectivity index (χ1) is 12.1. The predicted octanol–water partition coefficient (Wildman–Crippen LogP) is 4.13. The van der Waals surface area contributed by atoms with Gasteiger partial charge in [0, 0.05) is 11.1 Å². The number of ether oxygens (including phenoxy) is 2. The van der Waals surface area contributed by atoms with E-state index in [9.17, 15) is 8.78 Å². The van der Waals surface area contributed by atoms with E-state index >= 15 is 0 Å². The summed E-state index contributed by atoms with van der Waals surface area (Å²) in [5.74, 6) is 0.345. The maximum Gasteiger partial charge on any atom is 0.142 e. The predicted molar refractivity (Wildman–Crippen MR) is 91.9 cm³/mol. The van der Waals surface area contributed by atoms with Crippen LogP contribution in [0.15, 0.2) is 48.5 Å². The molecule has 0 unspecified atom stereocenters. The molecule has 0 aliphatic carbocycles. The number of halogens is 2. The lowest BCUT2D eigenvalue weighted by Crippen LogP contribution is -2.38. The largest absolute Gasteiger partial charge is 0.497 e. The molecule has 0 bridgehead atoms. The minimum absolute atomic E-state index is 0.142. The fourth-order valence-electron chi connectivity index (χ4n) is 3.38. The summed E-state index contributed by atoms with van der Waals surface area (Å²) < 4.78 is 38.9. The molecule has 0 amide bonds. The first-order valence-corrected chi connectivity index (χ1v) is 8.03. The molecule has 2 N–H and O–H groups in total. The Kier molecular flexibility index (Phi) is 3.81. The van der Waals surface area contributed by atoms with Gasteiger partial charge in [0.15, 0.2) is 0 Å². The highest BCUT2D eigenvalue weighted by atomic mass is 19.1. The molecule has 0 aromatic heterocycles. The van der Waals surface area contributed by atoms with Crippen molar-refractivity contribution in [1.29, 1.82) is 0 Å². The highest BCUT2D eigenvalue weighted by Gasteiger charge is 2.32. The van der Waals surface area contributed by atoms with E-state index in [2.05, 4.69) is 0 Å². The van der Waals surface area contributed by atoms with E-state index in [1.807, 2.05) is 30.3 Å². The summed E-state index contributed by atoms with van der Waals surface area (Å²) >= 11 is 0. The van der Waals surface area contributed by atoms with Crippen molar-refractivity contribution in [3.8, 4) is 11.5 Å². The van der Waals surface area contributed by atoms with Gasteiger partial charge in [0.25, 0.3) is 0 Å². The highest BCUT2D eigenvalue weighted by molar-refractivity contribution is 5.89. The molecule has 0 saturated heterocycles. The quantitative estimate of drug-likeness (QED) is 0.762. The Bertz CT molecular complexity index is 958. The van der Waals surface area contributed by atoms with Crippen LogP contribution < -0.4 is 15.2 Å². The molecular weight excluding hydrogens is 324 g/mol. The zero-order chi connectivity index (χ0) is 17.6. The van der Waals surface area contributed by atoms with Crippen LogP contribution in [0.4, 0.5) is 8.78 Å². The fraction of sp³-hybridized carbons (Fsp3) is 0.200. The molecule has 1 aliphatic rings. The van der Waals surface area contributed by atoms with Gasteiger partial charge < -0.3 is 15.2 Å². The van der Waals surface area contributed by atoms with Crippen LogP contribution in [-0.4, -0.2) is 13.2 Å². The summed E-state index contributed by atoms with van der Waals surface area (Å²) in [5.41, 5.74) is 7.36. The third-order valence-electron chi connectivity index (χ3n) is 4.64. The molecule has 1 aliphatic heterocycles. The Morgan fingerprint density at radius 2 is 1.88 bits per heavy atom. The zero-order valence-corrected chi connectivity index (χ0v) is 13.6. The molecule has 1 heterocycles. The number of hydrogen-bond acceptors (Lipinski definition) is 3. The number of nitrogens with two attached hydrogens (primary N) is 1. The summed E-state index contributed by atoms with van der Waals surface area (Å²) in [6, 6.07) is 12.4. The van der Waals surface area contributed by atoms with Crippen LogP contribution in [-0.2, 0) is 6.42 Å². The second-order valence-electron chi connectivity index (χ2n) is 6.20. The lowest BCUT2D eigenvalue weighted by molar-refractivity contribution is 0.149. The Morgan fingerprint density at radius 3 is 2.68 bits per heavy atom. The molecule has 0 radical (unpaired) electrons. The van der Waals surface area contributed by atoms with Crippen molar-refractivity contribution in [2.24, 2.45) is 5.73 Å². The van der Waals surface area contributed by atoms with E-state index < -0.39 is 23.8 Å². The summed E-state index contributed by atoms with van der Waals surface area (Å²) in [4.78, 5) is 0. The minimum Gasteiger partial charge on any atom is -0.497 e. The van der Waals surface area contributed by atoms with Crippen LogP contribution >= 0.6 is 0 Å². The van der Waals surface area contributed by atoms with E-state index in [4.69, 9.17) is 15.2 Å². The van der Waals surface area contributed by atoms with Crippen molar-refractivity contribution < 1.29 is 18.3 Å². The monoisotopic (exact) mass is 341 g/mol. The third-order valence-corrected chi connectivity index (χ3v) is 4.64. The molecule has 3 aromatic rings. The molecule has 0 spiro atoms. The van der Waals surface area contributed by atoms with Gasteiger partial charge in [-0.25, -0.2) is 8.78 Å². The van der Waals surface area contributed by atoms with Gasteiger partial charge in [-0.15, -0.1) is 0 Å². The zero-order valence-electron chi connectivity index (χ0n) is 13.6. The standard InChI is InChI=1S/C20H17F2NO2/c1-24-13-5-2-11-3-7-19-15(14(11)9-13)10-18(23)20(25-19)16-8-12(21)4-6-17(16)22/h2-9,18,20H,10,23H2,1H3/t18-,20+/m1/s1. The highest BCUT2D eigenvalue weighted by Crippen LogP contribution is 2.39. The van der Waals surface area contributed by atoms with Gasteiger partial charge in [-0.2, -0.15) is 0 Å². The summed E-state index contributed by atoms with van der Waals surface area (Å²) in [7, 11) is 1.61. The molecule has 4 rings (SSSR count). The SMILES string of the molecule is COc1ccc2ccc3c(c2c1)C[C@@H](N)[C@H](c1cc(F)ccc1F)O3. The summed E-state index contributed by atoms with van der Waals surface area (Å²) in [6.07, 6.45) is -0.230. The lowest BCUT2D eigenvalue weighted by Gasteiger charge is -2.32. The van der Waals surface area contributed by atoms with Crippen LogP contribution in [0, 0.1) is 11.6 Å². The van der Waals surface area contributed by atoms with Gasteiger partial charge in [0.05, 0.1) is 13.2 Å². The fourth-order valence-corrected chi connectivity index (χ4v) is 3.38. The van der Waals surface area contributed by atoms with Crippen LogP contribution in [0.5, 0.6) is 11.5 Å². The van der Waals surface area contributed by atoms with Gasteiger partial charge in [-0.3, -0.25) is 0 Å². The van der Waals surface area contributed by atoms with Gasteiger partial charge in [-0.05, 0) is 53.6 Å². The number of methoxy groups -OCH3 is 1. The molecule has 2 atom stereocenters. The van der Waals surface area contributed by atoms with Crippen molar-refractivity contribution in [1.82, 2.24) is 0 Å². The lowest BCUT2D eigenvalue weighted by atomic mass is 9.90. The molecule has 5 heteroatoms. The average Bonchev–Trinajstić information content (AvgIpc) is 2.63. The number of rotatable bonds is 2. The summed E-state index contributed by atoms with van der Waals surface area (Å²) in [5, 5.41) is 2.04. The molecule has 0 fully saturated rings. The van der Waals surface area contributed by atoms with Gasteiger partial charge >= 0.3 is 0 Å². The van der Waals surface area contributed by atoms with Crippen molar-refractivity contribution in [2.75, 3.05) is 7.11 Å². The Balaban J connectivity index is 1.80. The third kappa shape index (κ3) is 2.70. The van der Waals surface area contributed by atoms with E-state index in [-0.39, 0.29) is 5.56 Å². The maximum atomic E-state index is 14.1. The van der Waals surface area contributed by atoms with Gasteiger partial charge in [0.1, 0.15) is 29.2 Å². The first kappa shape index (κ1) is 15.8. The molecule has 0 saturated carbocycles. The van der Waals surface area contributed by atoms with Crippen molar-refractivity contribution in [3.63, 3.8) is 0 Å². The topological polar surface area (TPSA) is 44.5 Å². The number of benzene rings is 3. The second kappa shape index (κ2) is 6.01. The first-order valence-electron chi connectivity index (χ1n) is 8.03. The number of hydrogen-bond donors (Lipinski definition) is 1. The average molecular weight is 341 g/mol. The molecular formula is C20H17F2NO2. The van der Waals surface area contributed by atoms with Gasteiger partial charge in [-0.1, -0.05) is 12.1 Å². The van der Waals surface area contributed by atoms with E-state index in [0.29, 0.717) is 12.2 Å². The van der Waals surface area contributed by atoms with Crippen molar-refractivity contribution in [3.05, 3.63) is 71.3 Å². The van der Waals surface area contributed by atoms with Crippen LogP contribution in [0.1, 0.15) is 17.2 Å². The van der Waals surface area contributed by atoms with Crippen LogP contribution in [0.25, 0.3) is 10.8 Å². The molecule has 25 heavy (non-hydrogen) atoms. The minimum atomic E-state index is -0.730. The van der Waals surface area contributed by atoms with Crippen molar-refractivity contribution in [2.45, 2.75) is 18.6 Å². The smallest absolute Gasteiger partial charge is 0.142 e. The second-order valence-corrected chi connectivity index (χ2v) is 6.20. The Labute approximate surface area is 144 Å². The Morgan fingerprint density at radius 1 is 1.08 bits per heavy atom. The van der Waals surface area contributed by atoms with E-state index in [1.165, 1.54) is 0 Å². The van der Waals surface area contributed by atoms with Crippen LogP contribution in [0.2, 0.25) is 0 Å². The van der Waals surface area contributed by atoms with Crippen molar-refractivity contribution >= 4 is 10.8 Å². The molecule has 3 nitrogen and oxygen atoms in total. The van der Waals surface area contributed by atoms with E-state index in [1.54, 1.807) is 7.11 Å². The van der Waals surface area contributed by atoms with Gasteiger partial charge in [0.2, 0.25) is 0 Å². The Hall–Kier alpha value is -2.66. The molecule has 3 aromatic carbocycles. The normalized spacial score (nSPS) is 19.4. The number of fused-ring (bicyclic) bond motifs is 3.